The minimum Gasteiger partial charge on any atom is -0.322 e. The number of aryl methyl sites for hydroxylation is 1. The average Bonchev–Trinajstić information content (AvgIpc) is 2.73. The molecule has 2 aromatic carbocycles. The summed E-state index contributed by atoms with van der Waals surface area (Å²) in [4.78, 5) is 12.2. The van der Waals surface area contributed by atoms with Gasteiger partial charge in [-0.3, -0.25) is 9.52 Å². The van der Waals surface area contributed by atoms with Gasteiger partial charge in [-0.25, -0.2) is 8.42 Å². The van der Waals surface area contributed by atoms with Gasteiger partial charge >= 0.3 is 0 Å². The third-order valence-electron chi connectivity index (χ3n) is 3.31. The van der Waals surface area contributed by atoms with Gasteiger partial charge in [0, 0.05) is 17.3 Å². The molecular weight excluding hydrogens is 300 g/mol. The van der Waals surface area contributed by atoms with Gasteiger partial charge in [0.05, 0.1) is 10.6 Å². The van der Waals surface area contributed by atoms with Crippen LogP contribution in [0.5, 0.6) is 0 Å². The molecule has 2 aromatic rings. The number of carbonyl (C=O) groups is 1. The lowest BCUT2D eigenvalue weighted by Gasteiger charge is -2.04. The quantitative estimate of drug-likeness (QED) is 0.835. The molecule has 0 spiro atoms. The molecule has 0 aliphatic carbocycles. The van der Waals surface area contributed by atoms with Crippen molar-refractivity contribution in [2.75, 3.05) is 5.32 Å². The van der Waals surface area contributed by atoms with Gasteiger partial charge in [0.15, 0.2) is 0 Å². The van der Waals surface area contributed by atoms with Crippen LogP contribution in [0.25, 0.3) is 5.70 Å². The van der Waals surface area contributed by atoms with E-state index in [1.807, 2.05) is 19.1 Å². The zero-order chi connectivity index (χ0) is 15.7. The SMILES string of the molecule is Cc1ccc(NC(=O)C=C2NS(=O)(=O)c3ccccc32)cc1. The molecule has 0 atom stereocenters. The van der Waals surface area contributed by atoms with E-state index in [9.17, 15) is 13.2 Å². The van der Waals surface area contributed by atoms with Crippen LogP contribution in [0.15, 0.2) is 59.5 Å². The molecule has 3 rings (SSSR count). The van der Waals surface area contributed by atoms with Crippen LogP contribution in [0.3, 0.4) is 0 Å². The number of benzene rings is 2. The standard InChI is InChI=1S/C16H14N2O3S/c1-11-6-8-12(9-7-11)17-16(19)10-14-13-4-2-3-5-15(13)22(20,21)18-14/h2-10,18H,1H3,(H,17,19). The largest absolute Gasteiger partial charge is 0.322 e. The molecule has 1 aliphatic rings. The summed E-state index contributed by atoms with van der Waals surface area (Å²) < 4.78 is 26.3. The van der Waals surface area contributed by atoms with Gasteiger partial charge in [0.1, 0.15) is 0 Å². The lowest BCUT2D eigenvalue weighted by Crippen LogP contribution is -2.16. The lowest BCUT2D eigenvalue weighted by molar-refractivity contribution is -0.111. The molecule has 0 saturated heterocycles. The van der Waals surface area contributed by atoms with Crippen molar-refractivity contribution < 1.29 is 13.2 Å². The van der Waals surface area contributed by atoms with Gasteiger partial charge in [0.25, 0.3) is 10.0 Å². The monoisotopic (exact) mass is 314 g/mol. The Balaban J connectivity index is 1.87. The van der Waals surface area contributed by atoms with E-state index in [1.165, 1.54) is 12.1 Å². The fourth-order valence-corrected chi connectivity index (χ4v) is 3.53. The maximum absolute atomic E-state index is 12.1. The molecule has 5 nitrogen and oxygen atoms in total. The van der Waals surface area contributed by atoms with E-state index in [1.54, 1.807) is 30.3 Å². The van der Waals surface area contributed by atoms with Gasteiger partial charge in [-0.15, -0.1) is 0 Å². The van der Waals surface area contributed by atoms with Crippen LogP contribution in [0.2, 0.25) is 0 Å². The molecule has 0 saturated carbocycles. The Hall–Kier alpha value is -2.60. The number of carbonyl (C=O) groups excluding carboxylic acids is 1. The Morgan fingerprint density at radius 1 is 1.09 bits per heavy atom. The van der Waals surface area contributed by atoms with Crippen LogP contribution in [0.4, 0.5) is 5.69 Å². The van der Waals surface area contributed by atoms with E-state index < -0.39 is 15.9 Å². The maximum Gasteiger partial charge on any atom is 0.262 e. The summed E-state index contributed by atoms with van der Waals surface area (Å²) in [5.41, 5.74) is 2.53. The van der Waals surface area contributed by atoms with E-state index >= 15 is 0 Å². The first-order valence-corrected chi connectivity index (χ1v) is 8.15. The van der Waals surface area contributed by atoms with Crippen LogP contribution in [0, 0.1) is 6.92 Å². The molecule has 1 aliphatic heterocycles. The first kappa shape index (κ1) is 14.3. The Morgan fingerprint density at radius 3 is 2.50 bits per heavy atom. The summed E-state index contributed by atoms with van der Waals surface area (Å²) in [5.74, 6) is -0.391. The second-order valence-electron chi connectivity index (χ2n) is 5.01. The highest BCUT2D eigenvalue weighted by molar-refractivity contribution is 7.90. The van der Waals surface area contributed by atoms with E-state index in [4.69, 9.17) is 0 Å². The van der Waals surface area contributed by atoms with Crippen LogP contribution >= 0.6 is 0 Å². The third kappa shape index (κ3) is 2.73. The normalized spacial score (nSPS) is 16.9. The zero-order valence-corrected chi connectivity index (χ0v) is 12.6. The predicted molar refractivity (Wildman–Crippen MR) is 84.5 cm³/mol. The van der Waals surface area contributed by atoms with Crippen LogP contribution < -0.4 is 10.0 Å². The van der Waals surface area contributed by atoms with Gasteiger partial charge < -0.3 is 5.32 Å². The molecule has 0 unspecified atom stereocenters. The van der Waals surface area contributed by atoms with Crippen molar-refractivity contribution in [3.8, 4) is 0 Å². The number of nitrogens with one attached hydrogen (secondary N) is 2. The van der Waals surface area contributed by atoms with Crippen molar-refractivity contribution in [1.29, 1.82) is 0 Å². The molecule has 0 fully saturated rings. The highest BCUT2D eigenvalue weighted by Gasteiger charge is 2.29. The molecule has 112 valence electrons. The number of hydrogen-bond donors (Lipinski definition) is 2. The van der Waals surface area contributed by atoms with Crippen LogP contribution in [-0.4, -0.2) is 14.3 Å². The summed E-state index contributed by atoms with van der Waals surface area (Å²) in [6.07, 6.45) is 1.25. The van der Waals surface area contributed by atoms with Gasteiger partial charge in [-0.1, -0.05) is 35.9 Å². The van der Waals surface area contributed by atoms with E-state index in [0.717, 1.165) is 5.56 Å². The minimum atomic E-state index is -3.58. The minimum absolute atomic E-state index is 0.185. The Morgan fingerprint density at radius 2 is 1.77 bits per heavy atom. The maximum atomic E-state index is 12.1. The Kier molecular flexibility index (Phi) is 3.46. The van der Waals surface area contributed by atoms with Gasteiger partial charge in [0.2, 0.25) is 5.91 Å². The van der Waals surface area contributed by atoms with Crippen molar-refractivity contribution in [2.24, 2.45) is 0 Å². The smallest absolute Gasteiger partial charge is 0.262 e. The summed E-state index contributed by atoms with van der Waals surface area (Å²) >= 11 is 0. The van der Waals surface area contributed by atoms with Crippen molar-refractivity contribution in [1.82, 2.24) is 4.72 Å². The number of fused-ring (bicyclic) bond motifs is 1. The summed E-state index contributed by atoms with van der Waals surface area (Å²) in [6, 6.07) is 13.9. The van der Waals surface area contributed by atoms with Crippen LogP contribution in [-0.2, 0) is 14.8 Å². The summed E-state index contributed by atoms with van der Waals surface area (Å²) in [6.45, 7) is 1.96. The van der Waals surface area contributed by atoms with Crippen molar-refractivity contribution in [3.05, 3.63) is 65.7 Å². The fraction of sp³-hybridized carbons (Fsp3) is 0.0625. The molecule has 6 heteroatoms. The molecule has 2 N–H and O–H groups in total. The molecule has 0 aromatic heterocycles. The lowest BCUT2D eigenvalue weighted by atomic mass is 10.1. The highest BCUT2D eigenvalue weighted by atomic mass is 32.2. The van der Waals surface area contributed by atoms with Gasteiger partial charge in [-0.2, -0.15) is 0 Å². The second kappa shape index (κ2) is 5.31. The summed E-state index contributed by atoms with van der Waals surface area (Å²) in [5, 5.41) is 2.70. The van der Waals surface area contributed by atoms with Gasteiger partial charge in [-0.05, 0) is 25.1 Å². The molecule has 0 radical (unpaired) electrons. The predicted octanol–water partition coefficient (Wildman–Crippen LogP) is 2.27. The number of hydrogen-bond acceptors (Lipinski definition) is 3. The van der Waals surface area contributed by atoms with E-state index in [0.29, 0.717) is 11.3 Å². The van der Waals surface area contributed by atoms with Crippen molar-refractivity contribution in [2.45, 2.75) is 11.8 Å². The molecular formula is C16H14N2O3S. The molecule has 1 amide bonds. The summed E-state index contributed by atoms with van der Waals surface area (Å²) in [7, 11) is -3.58. The molecule has 0 bridgehead atoms. The van der Waals surface area contributed by atoms with E-state index in [-0.39, 0.29) is 10.6 Å². The van der Waals surface area contributed by atoms with Crippen molar-refractivity contribution >= 4 is 27.3 Å². The zero-order valence-electron chi connectivity index (χ0n) is 11.8. The topological polar surface area (TPSA) is 75.3 Å². The number of amides is 1. The fourth-order valence-electron chi connectivity index (χ4n) is 2.23. The third-order valence-corrected chi connectivity index (χ3v) is 4.73. The second-order valence-corrected chi connectivity index (χ2v) is 6.67. The number of anilines is 1. The number of sulfonamides is 1. The first-order chi connectivity index (χ1) is 10.5. The molecule has 1 heterocycles. The Labute approximate surface area is 128 Å². The van der Waals surface area contributed by atoms with Crippen LogP contribution in [0.1, 0.15) is 11.1 Å². The average molecular weight is 314 g/mol. The Bertz CT molecular complexity index is 869. The van der Waals surface area contributed by atoms with E-state index in [2.05, 4.69) is 10.0 Å². The highest BCUT2D eigenvalue weighted by Crippen LogP contribution is 2.29. The van der Waals surface area contributed by atoms with Crippen molar-refractivity contribution in [3.63, 3.8) is 0 Å². The number of rotatable bonds is 2. The first-order valence-electron chi connectivity index (χ1n) is 6.67. The molecule has 22 heavy (non-hydrogen) atoms.